The molecule has 0 fully saturated rings. The highest BCUT2D eigenvalue weighted by Gasteiger charge is 2.12. The minimum Gasteiger partial charge on any atom is -0.507 e. The van der Waals surface area contributed by atoms with Crippen LogP contribution in [0.1, 0.15) is 21.7 Å². The minimum atomic E-state index is -1.05. The van der Waals surface area contributed by atoms with E-state index < -0.39 is 5.97 Å². The Bertz CT molecular complexity index is 1360. The fraction of sp³-hybridized carbons (Fsp3) is 0. The van der Waals surface area contributed by atoms with E-state index in [0.29, 0.717) is 28.0 Å². The molecule has 4 rings (SSSR count). The lowest BCUT2D eigenvalue weighted by molar-refractivity contribution is 0.0697. The van der Waals surface area contributed by atoms with Crippen molar-refractivity contribution in [3.8, 4) is 11.4 Å². The number of carboxylic acid groups (broad SMARTS) is 1. The minimum absolute atomic E-state index is 0.0925. The number of rotatable bonds is 4. The highest BCUT2D eigenvalue weighted by Crippen LogP contribution is 2.24. The van der Waals surface area contributed by atoms with Crippen molar-refractivity contribution in [3.63, 3.8) is 0 Å². The Morgan fingerprint density at radius 3 is 2.47 bits per heavy atom. The number of hydrogen-bond acceptors (Lipinski definition) is 4. The van der Waals surface area contributed by atoms with E-state index in [4.69, 9.17) is 5.11 Å². The Morgan fingerprint density at radius 2 is 1.73 bits per heavy atom. The number of hydrogen-bond donors (Lipinski definition) is 2. The highest BCUT2D eigenvalue weighted by molar-refractivity contribution is 9.10. The van der Waals surface area contributed by atoms with Gasteiger partial charge in [0.1, 0.15) is 11.6 Å². The van der Waals surface area contributed by atoms with Crippen molar-refractivity contribution < 1.29 is 15.0 Å². The largest absolute Gasteiger partial charge is 0.507 e. The van der Waals surface area contributed by atoms with Gasteiger partial charge in [0, 0.05) is 10.0 Å². The Balaban J connectivity index is 1.92. The molecule has 0 radical (unpaired) electrons. The summed E-state index contributed by atoms with van der Waals surface area (Å²) in [5, 5.41) is 19.7. The van der Waals surface area contributed by atoms with E-state index >= 15 is 0 Å². The second-order valence-electron chi connectivity index (χ2n) is 6.52. The fourth-order valence-electron chi connectivity index (χ4n) is 3.09. The van der Waals surface area contributed by atoms with Crippen LogP contribution in [0.25, 0.3) is 28.7 Å². The topological polar surface area (TPSA) is 92.4 Å². The fourth-order valence-corrected chi connectivity index (χ4v) is 3.47. The second-order valence-corrected chi connectivity index (χ2v) is 7.43. The molecule has 0 unspecified atom stereocenters. The zero-order valence-corrected chi connectivity index (χ0v) is 17.1. The summed E-state index contributed by atoms with van der Waals surface area (Å²) in [4.78, 5) is 29.0. The molecule has 1 aromatic heterocycles. The van der Waals surface area contributed by atoms with Gasteiger partial charge in [-0.05, 0) is 66.7 Å². The number of phenols is 1. The van der Waals surface area contributed by atoms with Gasteiger partial charge in [0.2, 0.25) is 0 Å². The number of halogens is 1. The quantitative estimate of drug-likeness (QED) is 0.457. The average molecular weight is 463 g/mol. The van der Waals surface area contributed by atoms with Gasteiger partial charge in [0.25, 0.3) is 5.56 Å². The molecular weight excluding hydrogens is 448 g/mol. The van der Waals surface area contributed by atoms with Crippen LogP contribution in [-0.2, 0) is 0 Å². The molecule has 0 aliphatic rings. The molecule has 0 atom stereocenters. The third-order valence-electron chi connectivity index (χ3n) is 4.58. The molecule has 1 heterocycles. The van der Waals surface area contributed by atoms with Gasteiger partial charge < -0.3 is 10.2 Å². The molecule has 0 saturated carbocycles. The summed E-state index contributed by atoms with van der Waals surface area (Å²) in [7, 11) is 0. The van der Waals surface area contributed by atoms with E-state index in [1.165, 1.54) is 16.7 Å². The van der Waals surface area contributed by atoms with Crippen molar-refractivity contribution >= 4 is 45.0 Å². The van der Waals surface area contributed by atoms with Gasteiger partial charge in [0.15, 0.2) is 0 Å². The summed E-state index contributed by atoms with van der Waals surface area (Å²) in [5.41, 5.74) is 1.43. The van der Waals surface area contributed by atoms with Crippen LogP contribution in [0, 0.1) is 0 Å². The van der Waals surface area contributed by atoms with E-state index in [-0.39, 0.29) is 16.9 Å². The molecule has 0 spiro atoms. The first-order valence-electron chi connectivity index (χ1n) is 8.96. The van der Waals surface area contributed by atoms with Crippen molar-refractivity contribution in [3.05, 3.63) is 98.5 Å². The predicted molar refractivity (Wildman–Crippen MR) is 119 cm³/mol. The van der Waals surface area contributed by atoms with E-state index in [2.05, 4.69) is 20.9 Å². The third kappa shape index (κ3) is 3.75. The van der Waals surface area contributed by atoms with Gasteiger partial charge in [-0.25, -0.2) is 9.78 Å². The molecule has 3 aromatic carbocycles. The lowest BCUT2D eigenvalue weighted by atomic mass is 10.1. The highest BCUT2D eigenvalue weighted by atomic mass is 79.9. The lowest BCUT2D eigenvalue weighted by Crippen LogP contribution is -2.22. The van der Waals surface area contributed by atoms with E-state index in [1.807, 2.05) is 0 Å². The Hall–Kier alpha value is -3.71. The summed E-state index contributed by atoms with van der Waals surface area (Å²) >= 11 is 3.37. The summed E-state index contributed by atoms with van der Waals surface area (Å²) in [6, 6.07) is 18.0. The van der Waals surface area contributed by atoms with Gasteiger partial charge in [-0.3, -0.25) is 9.36 Å². The van der Waals surface area contributed by atoms with Crippen molar-refractivity contribution in [2.45, 2.75) is 0 Å². The Labute approximate surface area is 179 Å². The van der Waals surface area contributed by atoms with Gasteiger partial charge >= 0.3 is 5.97 Å². The van der Waals surface area contributed by atoms with Crippen LogP contribution in [0.4, 0.5) is 0 Å². The number of para-hydroxylation sites is 1. The molecule has 0 amide bonds. The van der Waals surface area contributed by atoms with Gasteiger partial charge in [-0.1, -0.05) is 28.1 Å². The summed E-state index contributed by atoms with van der Waals surface area (Å²) in [6.07, 6.45) is 3.30. The maximum atomic E-state index is 13.2. The van der Waals surface area contributed by atoms with Crippen molar-refractivity contribution in [1.29, 1.82) is 0 Å². The smallest absolute Gasteiger partial charge is 0.335 e. The first-order valence-corrected chi connectivity index (χ1v) is 9.75. The zero-order chi connectivity index (χ0) is 21.3. The lowest BCUT2D eigenvalue weighted by Gasteiger charge is -2.12. The molecule has 30 heavy (non-hydrogen) atoms. The van der Waals surface area contributed by atoms with Crippen molar-refractivity contribution in [2.24, 2.45) is 0 Å². The molecule has 4 aromatic rings. The maximum absolute atomic E-state index is 13.2. The first-order chi connectivity index (χ1) is 14.4. The van der Waals surface area contributed by atoms with Crippen LogP contribution < -0.4 is 5.56 Å². The maximum Gasteiger partial charge on any atom is 0.335 e. The summed E-state index contributed by atoms with van der Waals surface area (Å²) in [5.74, 6) is -0.605. The number of benzene rings is 3. The standard InChI is InChI=1S/C23H15BrN2O4/c24-16-8-11-20(27)15(13-16)7-12-21-25-19-4-2-1-3-18(19)22(28)26(21)17-9-5-14(6-10-17)23(29)30/h1-13,27H,(H,29,30). The van der Waals surface area contributed by atoms with Crippen LogP contribution in [0.2, 0.25) is 0 Å². The average Bonchev–Trinajstić information content (AvgIpc) is 2.74. The molecule has 0 aliphatic carbocycles. The number of phenolic OH excluding ortho intramolecular Hbond substituents is 1. The molecule has 6 nitrogen and oxygen atoms in total. The second kappa shape index (κ2) is 7.96. The summed E-state index contributed by atoms with van der Waals surface area (Å²) < 4.78 is 2.22. The Kier molecular flexibility index (Phi) is 5.20. The van der Waals surface area contributed by atoms with E-state index in [1.54, 1.807) is 66.7 Å². The molecular formula is C23H15BrN2O4. The van der Waals surface area contributed by atoms with Crippen LogP contribution in [-0.4, -0.2) is 25.7 Å². The molecule has 0 bridgehead atoms. The van der Waals surface area contributed by atoms with Crippen molar-refractivity contribution in [2.75, 3.05) is 0 Å². The normalized spacial score (nSPS) is 11.2. The van der Waals surface area contributed by atoms with E-state index in [9.17, 15) is 14.7 Å². The summed E-state index contributed by atoms with van der Waals surface area (Å²) in [6.45, 7) is 0. The molecule has 2 N–H and O–H groups in total. The third-order valence-corrected chi connectivity index (χ3v) is 5.07. The SMILES string of the molecule is O=C(O)c1ccc(-n2c(C=Cc3cc(Br)ccc3O)nc3ccccc3c2=O)cc1. The molecule has 7 heteroatoms. The number of carboxylic acids is 1. The first kappa shape index (κ1) is 19.6. The van der Waals surface area contributed by atoms with Crippen molar-refractivity contribution in [1.82, 2.24) is 9.55 Å². The number of carbonyl (C=O) groups is 1. The predicted octanol–water partition coefficient (Wildman–Crippen LogP) is 4.72. The molecule has 0 aliphatic heterocycles. The number of aromatic nitrogens is 2. The van der Waals surface area contributed by atoms with Gasteiger partial charge in [-0.2, -0.15) is 0 Å². The zero-order valence-electron chi connectivity index (χ0n) is 15.5. The van der Waals surface area contributed by atoms with Gasteiger partial charge in [-0.15, -0.1) is 0 Å². The van der Waals surface area contributed by atoms with Crippen LogP contribution in [0.3, 0.4) is 0 Å². The number of aromatic carboxylic acids is 1. The number of fused-ring (bicyclic) bond motifs is 1. The number of nitrogens with zero attached hydrogens (tertiary/aromatic N) is 2. The van der Waals surface area contributed by atoms with E-state index in [0.717, 1.165) is 4.47 Å². The molecule has 0 saturated heterocycles. The Morgan fingerprint density at radius 1 is 1.00 bits per heavy atom. The molecule has 148 valence electrons. The van der Waals surface area contributed by atoms with Gasteiger partial charge in [0.05, 0.1) is 22.2 Å². The monoisotopic (exact) mass is 462 g/mol. The van der Waals surface area contributed by atoms with Crippen LogP contribution in [0.5, 0.6) is 5.75 Å². The van der Waals surface area contributed by atoms with Crippen LogP contribution >= 0.6 is 15.9 Å². The number of aromatic hydroxyl groups is 1. The van der Waals surface area contributed by atoms with Crippen LogP contribution in [0.15, 0.2) is 76.0 Å².